The van der Waals surface area contributed by atoms with E-state index in [2.05, 4.69) is 27.5 Å². The van der Waals surface area contributed by atoms with E-state index in [9.17, 15) is 14.7 Å². The number of aromatic nitrogens is 2. The molecule has 0 aliphatic carbocycles. The second-order valence-electron chi connectivity index (χ2n) is 9.35. The van der Waals surface area contributed by atoms with Gasteiger partial charge in [-0.05, 0) is 55.7 Å². The van der Waals surface area contributed by atoms with Crippen LogP contribution < -0.4 is 10.6 Å². The maximum atomic E-state index is 12.8. The molecule has 200 valence electrons. The smallest absolute Gasteiger partial charge is 0.412 e. The Bertz CT molecular complexity index is 1310. The molecule has 0 bridgehead atoms. The number of nitrogens with one attached hydrogen (secondary N) is 3. The average molecular weight is 519 g/mol. The summed E-state index contributed by atoms with van der Waals surface area (Å²) in [5, 5.41) is 25.0. The van der Waals surface area contributed by atoms with E-state index in [1.165, 1.54) is 12.4 Å². The molecule has 1 fully saturated rings. The van der Waals surface area contributed by atoms with Gasteiger partial charge >= 0.3 is 6.09 Å². The highest BCUT2D eigenvalue weighted by molar-refractivity contribution is 6.04. The Morgan fingerprint density at radius 2 is 1.84 bits per heavy atom. The Hall–Kier alpha value is -4.21. The van der Waals surface area contributed by atoms with Crippen LogP contribution in [0.1, 0.15) is 66.9 Å². The zero-order valence-corrected chi connectivity index (χ0v) is 21.6. The molecule has 4 N–H and O–H groups in total. The van der Waals surface area contributed by atoms with Gasteiger partial charge in [0.2, 0.25) is 0 Å². The predicted molar refractivity (Wildman–Crippen MR) is 146 cm³/mol. The molecule has 0 spiro atoms. The number of aromatic hydroxyl groups is 1. The summed E-state index contributed by atoms with van der Waals surface area (Å²) in [4.78, 5) is 35.3. The van der Waals surface area contributed by atoms with E-state index in [1.807, 2.05) is 11.0 Å². The van der Waals surface area contributed by atoms with E-state index >= 15 is 0 Å². The van der Waals surface area contributed by atoms with Crippen LogP contribution in [0.2, 0.25) is 0 Å². The lowest BCUT2D eigenvalue weighted by atomic mass is 10.1. The highest BCUT2D eigenvalue weighted by Gasteiger charge is 2.20. The van der Waals surface area contributed by atoms with Crippen LogP contribution in [0.3, 0.4) is 0 Å². The summed E-state index contributed by atoms with van der Waals surface area (Å²) in [7, 11) is 0. The van der Waals surface area contributed by atoms with Crippen LogP contribution in [0.15, 0.2) is 42.7 Å². The number of ether oxygens (including phenoxy) is 1. The number of carbonyl (C=O) groups is 2. The number of phenolic OH excluding ortho intramolecular Hbond substituents is 1. The molecule has 1 aliphatic rings. The topological polar surface area (TPSA) is 141 Å². The largest absolute Gasteiger partial charge is 0.508 e. The molecule has 0 unspecified atom stereocenters. The average Bonchev–Trinajstić information content (AvgIpc) is 3.47. The Kier molecular flexibility index (Phi) is 9.07. The van der Waals surface area contributed by atoms with Crippen molar-refractivity contribution >= 4 is 34.6 Å². The number of amides is 2. The quantitative estimate of drug-likeness (QED) is 0.171. The first kappa shape index (κ1) is 26.8. The van der Waals surface area contributed by atoms with Crippen LogP contribution in [0.5, 0.6) is 5.75 Å². The second-order valence-corrected chi connectivity index (χ2v) is 9.35. The molecule has 38 heavy (non-hydrogen) atoms. The van der Waals surface area contributed by atoms with E-state index in [1.54, 1.807) is 24.3 Å². The number of likely N-dealkylation sites (tertiary alicyclic amines) is 1. The molecule has 1 aromatic heterocycles. The molecule has 1 aliphatic heterocycles. The van der Waals surface area contributed by atoms with Crippen LogP contribution in [0, 0.1) is 5.41 Å². The highest BCUT2D eigenvalue weighted by atomic mass is 16.5. The second kappa shape index (κ2) is 12.8. The van der Waals surface area contributed by atoms with E-state index in [-0.39, 0.29) is 24.0 Å². The van der Waals surface area contributed by atoms with E-state index in [4.69, 9.17) is 10.1 Å². The molecule has 2 amide bonds. The molecular formula is C28H34N6O4. The summed E-state index contributed by atoms with van der Waals surface area (Å²) in [6.45, 7) is 4.20. The minimum absolute atomic E-state index is 0.00990. The Balaban J connectivity index is 1.39. The summed E-state index contributed by atoms with van der Waals surface area (Å²) in [5.41, 5.74) is 2.19. The minimum atomic E-state index is -0.672. The Labute approximate surface area is 221 Å². The van der Waals surface area contributed by atoms with Gasteiger partial charge in [-0.3, -0.25) is 15.5 Å². The third-order valence-corrected chi connectivity index (χ3v) is 6.55. The summed E-state index contributed by atoms with van der Waals surface area (Å²) in [6, 6.07) is 10.0. The van der Waals surface area contributed by atoms with Crippen LogP contribution in [0.4, 0.5) is 10.6 Å². The van der Waals surface area contributed by atoms with Crippen molar-refractivity contribution in [1.82, 2.24) is 20.2 Å². The molecule has 1 saturated heterocycles. The van der Waals surface area contributed by atoms with Gasteiger partial charge in [-0.25, -0.2) is 14.8 Å². The predicted octanol–water partition coefficient (Wildman–Crippen LogP) is 4.82. The fourth-order valence-corrected chi connectivity index (χ4v) is 4.40. The number of hydrogen-bond acceptors (Lipinski definition) is 8. The fraction of sp³-hybridized carbons (Fsp3) is 0.393. The van der Waals surface area contributed by atoms with Gasteiger partial charge in [0, 0.05) is 41.7 Å². The first-order valence-electron chi connectivity index (χ1n) is 13.1. The maximum Gasteiger partial charge on any atom is 0.412 e. The Morgan fingerprint density at radius 3 is 2.63 bits per heavy atom. The zero-order chi connectivity index (χ0) is 26.9. The number of alkyl carbamates (subject to hydrolysis) is 1. The lowest BCUT2D eigenvalue weighted by Crippen LogP contribution is -2.31. The number of hydrogen-bond donors (Lipinski definition) is 4. The fourth-order valence-electron chi connectivity index (χ4n) is 4.40. The molecule has 10 heteroatoms. The Morgan fingerprint density at radius 1 is 1.05 bits per heavy atom. The van der Waals surface area contributed by atoms with E-state index < -0.39 is 6.09 Å². The number of amidine groups is 1. The van der Waals surface area contributed by atoms with Gasteiger partial charge in [-0.2, -0.15) is 0 Å². The molecular weight excluding hydrogens is 484 g/mol. The number of unbranched alkanes of at least 4 members (excludes halogenated alkanes) is 3. The summed E-state index contributed by atoms with van der Waals surface area (Å²) < 4.78 is 5.14. The molecule has 0 atom stereocenters. The van der Waals surface area contributed by atoms with Crippen LogP contribution in [-0.2, 0) is 11.3 Å². The van der Waals surface area contributed by atoms with Crippen LogP contribution in [0.25, 0.3) is 10.9 Å². The molecule has 2 heterocycles. The summed E-state index contributed by atoms with van der Waals surface area (Å²) in [5.74, 6) is 0.493. The van der Waals surface area contributed by atoms with E-state index in [0.717, 1.165) is 57.0 Å². The van der Waals surface area contributed by atoms with Gasteiger partial charge < -0.3 is 20.1 Å². The third kappa shape index (κ3) is 6.76. The summed E-state index contributed by atoms with van der Waals surface area (Å²) >= 11 is 0. The maximum absolute atomic E-state index is 12.8. The van der Waals surface area contributed by atoms with Gasteiger partial charge in [0.1, 0.15) is 23.7 Å². The number of fused-ring (bicyclic) bond motifs is 1. The minimum Gasteiger partial charge on any atom is -0.508 e. The van der Waals surface area contributed by atoms with Crippen molar-refractivity contribution in [2.75, 3.05) is 25.0 Å². The number of benzene rings is 2. The number of nitrogens with zero attached hydrogens (tertiary/aromatic N) is 3. The van der Waals surface area contributed by atoms with Crippen molar-refractivity contribution in [2.24, 2.45) is 0 Å². The zero-order valence-electron chi connectivity index (χ0n) is 21.6. The monoisotopic (exact) mass is 518 g/mol. The standard InChI is InChI=1S/C28H34N6O4/c1-2-3-4-7-14-38-28(37)33-25(29)19-9-11-24(35)21(15-19)17-30-26-22-10-8-20(16-23(22)31-18-32-26)27(36)34-12-5-6-13-34/h8-11,15-16,18,35H,2-7,12-14,17H2,1H3,(H2,29,33,37)(H,30,31,32). The number of carbonyl (C=O) groups excluding carboxylic acids is 2. The van der Waals surface area contributed by atoms with Gasteiger partial charge in [-0.15, -0.1) is 0 Å². The van der Waals surface area contributed by atoms with Gasteiger partial charge in [0.15, 0.2) is 0 Å². The van der Waals surface area contributed by atoms with Crippen LogP contribution >= 0.6 is 0 Å². The van der Waals surface area contributed by atoms with Crippen molar-refractivity contribution in [2.45, 2.75) is 52.0 Å². The number of anilines is 1. The molecule has 0 saturated carbocycles. The van der Waals surface area contributed by atoms with Crippen molar-refractivity contribution in [3.05, 3.63) is 59.4 Å². The van der Waals surface area contributed by atoms with Gasteiger partial charge in [0.25, 0.3) is 5.91 Å². The SMILES string of the molecule is CCCCCCOC(=O)NC(=N)c1ccc(O)c(CNc2ncnc3cc(C(=O)N4CCCC4)ccc23)c1. The molecule has 3 aromatic rings. The first-order valence-corrected chi connectivity index (χ1v) is 13.1. The molecule has 4 rings (SSSR count). The lowest BCUT2D eigenvalue weighted by Gasteiger charge is -2.16. The third-order valence-electron chi connectivity index (χ3n) is 6.55. The van der Waals surface area contributed by atoms with Crippen molar-refractivity contribution in [3.8, 4) is 5.75 Å². The van der Waals surface area contributed by atoms with Gasteiger partial charge in [-0.1, -0.05) is 26.2 Å². The molecule has 2 aromatic carbocycles. The van der Waals surface area contributed by atoms with Crippen molar-refractivity contribution < 1.29 is 19.4 Å². The summed E-state index contributed by atoms with van der Waals surface area (Å²) in [6.07, 6.45) is 6.79. The first-order chi connectivity index (χ1) is 18.5. The number of rotatable bonds is 10. The van der Waals surface area contributed by atoms with Crippen molar-refractivity contribution in [1.29, 1.82) is 5.41 Å². The lowest BCUT2D eigenvalue weighted by molar-refractivity contribution is 0.0793. The molecule has 10 nitrogen and oxygen atoms in total. The van der Waals surface area contributed by atoms with Gasteiger partial charge in [0.05, 0.1) is 12.1 Å². The van der Waals surface area contributed by atoms with Crippen molar-refractivity contribution in [3.63, 3.8) is 0 Å². The number of phenols is 1. The molecule has 0 radical (unpaired) electrons. The normalized spacial score (nSPS) is 12.9. The van der Waals surface area contributed by atoms with Crippen LogP contribution in [-0.4, -0.2) is 57.5 Å². The van der Waals surface area contributed by atoms with E-state index in [0.29, 0.717) is 34.6 Å². The highest BCUT2D eigenvalue weighted by Crippen LogP contribution is 2.25.